The minimum atomic E-state index is -0.957. The van der Waals surface area contributed by atoms with Gasteiger partial charge in [0.15, 0.2) is 0 Å². The number of esters is 1. The Balaban J connectivity index is 1.92. The lowest BCUT2D eigenvalue weighted by atomic mass is 9.96. The summed E-state index contributed by atoms with van der Waals surface area (Å²) in [6.45, 7) is 0.177. The first kappa shape index (κ1) is 12.4. The van der Waals surface area contributed by atoms with Crippen molar-refractivity contribution in [2.75, 3.05) is 0 Å². The van der Waals surface area contributed by atoms with E-state index in [9.17, 15) is 9.59 Å². The fraction of sp³-hybridized carbons (Fsp3) is 0.286. The van der Waals surface area contributed by atoms with E-state index in [1.807, 2.05) is 30.3 Å². The van der Waals surface area contributed by atoms with E-state index in [1.54, 1.807) is 12.2 Å². The molecule has 4 nitrogen and oxygen atoms in total. The van der Waals surface area contributed by atoms with Crippen molar-refractivity contribution in [1.82, 2.24) is 0 Å². The third-order valence-electron chi connectivity index (χ3n) is 2.98. The van der Waals surface area contributed by atoms with Gasteiger partial charge in [-0.3, -0.25) is 9.59 Å². The Hall–Kier alpha value is -2.10. The predicted octanol–water partition coefficient (Wildman–Crippen LogP) is 2.01. The molecule has 94 valence electrons. The Bertz CT molecular complexity index is 464. The van der Waals surface area contributed by atoms with Crippen LogP contribution in [0.3, 0.4) is 0 Å². The maximum Gasteiger partial charge on any atom is 0.314 e. The first-order valence-electron chi connectivity index (χ1n) is 5.78. The minimum absolute atomic E-state index is 0.177. The van der Waals surface area contributed by atoms with Crippen LogP contribution in [0.25, 0.3) is 0 Å². The standard InChI is InChI=1S/C14H14O4/c15-13(16)11-7-4-8-12(11)14(17)18-9-10-5-2-1-3-6-10/h1-6,8,11-12H,7,9H2,(H,15,16)/t11-,12+/m0/s1. The van der Waals surface area contributed by atoms with Crippen LogP contribution in [-0.4, -0.2) is 17.0 Å². The highest BCUT2D eigenvalue weighted by molar-refractivity contribution is 5.83. The summed E-state index contributed by atoms with van der Waals surface area (Å²) in [4.78, 5) is 22.7. The molecule has 0 radical (unpaired) electrons. The Morgan fingerprint density at radius 3 is 2.67 bits per heavy atom. The largest absolute Gasteiger partial charge is 0.481 e. The average Bonchev–Trinajstić information content (AvgIpc) is 2.86. The van der Waals surface area contributed by atoms with Crippen LogP contribution in [0.15, 0.2) is 42.5 Å². The number of ether oxygens (including phenoxy) is 1. The van der Waals surface area contributed by atoms with E-state index in [4.69, 9.17) is 9.84 Å². The zero-order valence-electron chi connectivity index (χ0n) is 9.78. The number of hydrogen-bond donors (Lipinski definition) is 1. The monoisotopic (exact) mass is 246 g/mol. The summed E-state index contributed by atoms with van der Waals surface area (Å²) < 4.78 is 5.14. The fourth-order valence-corrected chi connectivity index (χ4v) is 1.97. The summed E-state index contributed by atoms with van der Waals surface area (Å²) in [5.74, 6) is -2.78. The lowest BCUT2D eigenvalue weighted by molar-refractivity contribution is -0.155. The Morgan fingerprint density at radius 1 is 1.28 bits per heavy atom. The number of carboxylic acid groups (broad SMARTS) is 1. The van der Waals surface area contributed by atoms with Crippen LogP contribution in [0.2, 0.25) is 0 Å². The molecule has 0 saturated heterocycles. The number of carbonyl (C=O) groups is 2. The molecule has 0 heterocycles. The van der Waals surface area contributed by atoms with Gasteiger partial charge in [0.25, 0.3) is 0 Å². The summed E-state index contributed by atoms with van der Waals surface area (Å²) in [7, 11) is 0. The molecule has 0 aromatic heterocycles. The van der Waals surface area contributed by atoms with Gasteiger partial charge in [0.05, 0.1) is 11.8 Å². The van der Waals surface area contributed by atoms with Gasteiger partial charge in [-0.2, -0.15) is 0 Å². The van der Waals surface area contributed by atoms with E-state index in [1.165, 1.54) is 0 Å². The Kier molecular flexibility index (Phi) is 3.77. The molecule has 4 heteroatoms. The highest BCUT2D eigenvalue weighted by atomic mass is 16.5. The van der Waals surface area contributed by atoms with Crippen LogP contribution in [0.4, 0.5) is 0 Å². The molecule has 2 atom stereocenters. The molecule has 0 saturated carbocycles. The summed E-state index contributed by atoms with van der Waals surface area (Å²) >= 11 is 0. The van der Waals surface area contributed by atoms with Crippen molar-refractivity contribution in [3.8, 4) is 0 Å². The van der Waals surface area contributed by atoms with Crippen molar-refractivity contribution < 1.29 is 19.4 Å². The minimum Gasteiger partial charge on any atom is -0.481 e. The summed E-state index contributed by atoms with van der Waals surface area (Å²) in [6.07, 6.45) is 3.72. The van der Waals surface area contributed by atoms with E-state index >= 15 is 0 Å². The van der Waals surface area contributed by atoms with Crippen molar-refractivity contribution in [3.05, 3.63) is 48.0 Å². The first-order valence-corrected chi connectivity index (χ1v) is 5.78. The molecule has 0 amide bonds. The molecular formula is C14H14O4. The van der Waals surface area contributed by atoms with Gasteiger partial charge >= 0.3 is 11.9 Å². The molecule has 1 aliphatic carbocycles. The third kappa shape index (κ3) is 2.77. The van der Waals surface area contributed by atoms with Crippen molar-refractivity contribution in [2.24, 2.45) is 11.8 Å². The van der Waals surface area contributed by atoms with Gasteiger partial charge in [0.1, 0.15) is 6.61 Å². The molecule has 0 fully saturated rings. The van der Waals surface area contributed by atoms with Crippen LogP contribution >= 0.6 is 0 Å². The number of benzene rings is 1. The van der Waals surface area contributed by atoms with E-state index in [0.29, 0.717) is 6.42 Å². The second kappa shape index (κ2) is 5.49. The smallest absolute Gasteiger partial charge is 0.314 e. The molecular weight excluding hydrogens is 232 g/mol. The number of hydrogen-bond acceptors (Lipinski definition) is 3. The van der Waals surface area contributed by atoms with Gasteiger partial charge in [0.2, 0.25) is 0 Å². The van der Waals surface area contributed by atoms with Crippen LogP contribution in [-0.2, 0) is 20.9 Å². The lowest BCUT2D eigenvalue weighted by Gasteiger charge is -2.14. The van der Waals surface area contributed by atoms with Crippen LogP contribution in [0.1, 0.15) is 12.0 Å². The van der Waals surface area contributed by atoms with Crippen molar-refractivity contribution in [1.29, 1.82) is 0 Å². The van der Waals surface area contributed by atoms with Gasteiger partial charge < -0.3 is 9.84 Å². The Labute approximate surface area is 105 Å². The van der Waals surface area contributed by atoms with E-state index < -0.39 is 23.8 Å². The molecule has 0 unspecified atom stereocenters. The molecule has 0 spiro atoms. The zero-order chi connectivity index (χ0) is 13.0. The van der Waals surface area contributed by atoms with Crippen LogP contribution in [0.5, 0.6) is 0 Å². The summed E-state index contributed by atoms with van der Waals surface area (Å²) in [5.41, 5.74) is 0.889. The topological polar surface area (TPSA) is 63.6 Å². The number of carbonyl (C=O) groups excluding carboxylic acids is 1. The van der Waals surface area contributed by atoms with Crippen LogP contribution < -0.4 is 0 Å². The quantitative estimate of drug-likeness (QED) is 0.652. The van der Waals surface area contributed by atoms with Crippen molar-refractivity contribution >= 4 is 11.9 Å². The molecule has 1 aromatic rings. The van der Waals surface area contributed by atoms with E-state index in [-0.39, 0.29) is 6.61 Å². The third-order valence-corrected chi connectivity index (χ3v) is 2.98. The fourth-order valence-electron chi connectivity index (χ4n) is 1.97. The van der Waals surface area contributed by atoms with Gasteiger partial charge in [0, 0.05) is 0 Å². The first-order chi connectivity index (χ1) is 8.68. The molecule has 1 N–H and O–H groups in total. The maximum absolute atomic E-state index is 11.8. The molecule has 1 aromatic carbocycles. The number of aliphatic carboxylic acids is 1. The zero-order valence-corrected chi connectivity index (χ0v) is 9.78. The highest BCUT2D eigenvalue weighted by Crippen LogP contribution is 2.26. The van der Waals surface area contributed by atoms with Crippen molar-refractivity contribution in [3.63, 3.8) is 0 Å². The number of carboxylic acids is 1. The molecule has 18 heavy (non-hydrogen) atoms. The van der Waals surface area contributed by atoms with E-state index in [0.717, 1.165) is 5.56 Å². The predicted molar refractivity (Wildman–Crippen MR) is 64.6 cm³/mol. The van der Waals surface area contributed by atoms with Gasteiger partial charge in [-0.05, 0) is 12.0 Å². The lowest BCUT2D eigenvalue weighted by Crippen LogP contribution is -2.26. The normalized spacial score (nSPS) is 21.8. The second-order valence-electron chi connectivity index (χ2n) is 4.23. The van der Waals surface area contributed by atoms with Crippen LogP contribution in [0, 0.1) is 11.8 Å². The van der Waals surface area contributed by atoms with Gasteiger partial charge in [-0.25, -0.2) is 0 Å². The highest BCUT2D eigenvalue weighted by Gasteiger charge is 2.35. The molecule has 2 rings (SSSR count). The van der Waals surface area contributed by atoms with Gasteiger partial charge in [-0.15, -0.1) is 0 Å². The number of rotatable bonds is 4. The van der Waals surface area contributed by atoms with Crippen molar-refractivity contribution in [2.45, 2.75) is 13.0 Å². The Morgan fingerprint density at radius 2 is 2.00 bits per heavy atom. The summed E-state index contributed by atoms with van der Waals surface area (Å²) in [6, 6.07) is 9.31. The van der Waals surface area contributed by atoms with Gasteiger partial charge in [-0.1, -0.05) is 42.5 Å². The second-order valence-corrected chi connectivity index (χ2v) is 4.23. The summed E-state index contributed by atoms with van der Waals surface area (Å²) in [5, 5.41) is 8.97. The maximum atomic E-state index is 11.8. The average molecular weight is 246 g/mol. The SMILES string of the molecule is O=C(O)[C@H]1CC=C[C@H]1C(=O)OCc1ccccc1. The molecule has 1 aliphatic rings. The van der Waals surface area contributed by atoms with E-state index in [2.05, 4.69) is 0 Å². The molecule has 0 bridgehead atoms. The molecule has 0 aliphatic heterocycles. The number of allylic oxidation sites excluding steroid dienone is 1.